The minimum absolute atomic E-state index is 0. The lowest BCUT2D eigenvalue weighted by atomic mass is 10.1. The predicted molar refractivity (Wildman–Crippen MR) is 151 cm³/mol. The van der Waals surface area contributed by atoms with Gasteiger partial charge in [-0.15, -0.1) is 22.7 Å². The quantitative estimate of drug-likeness (QED) is 0.190. The number of benzene rings is 3. The zero-order valence-corrected chi connectivity index (χ0v) is 24.5. The minimum atomic E-state index is -1.94. The molecule has 0 radical (unpaired) electrons. The zero-order valence-electron chi connectivity index (χ0n) is 19.8. The summed E-state index contributed by atoms with van der Waals surface area (Å²) in [5.41, 5.74) is 2.16. The highest BCUT2D eigenvalue weighted by Gasteiger charge is 2.46. The van der Waals surface area contributed by atoms with Gasteiger partial charge in [-0.2, -0.15) is 0 Å². The van der Waals surface area contributed by atoms with Gasteiger partial charge in [0.15, 0.2) is 0 Å². The number of hydrogen-bond acceptors (Lipinski definition) is 4. The second kappa shape index (κ2) is 11.9. The van der Waals surface area contributed by atoms with Crippen LogP contribution in [-0.4, -0.2) is 9.97 Å². The Balaban J connectivity index is 0.00000289. The highest BCUT2D eigenvalue weighted by atomic mass is 127. The number of hydrogen-bond donors (Lipinski definition) is 0. The first-order valence-corrected chi connectivity index (χ1v) is 15.4. The van der Waals surface area contributed by atoms with Crippen LogP contribution in [0.1, 0.15) is 36.9 Å². The molecule has 5 aromatic rings. The van der Waals surface area contributed by atoms with E-state index in [2.05, 4.69) is 116 Å². The maximum absolute atomic E-state index is 5.13. The molecule has 0 aliphatic rings. The molecule has 3 aromatic carbocycles. The summed E-state index contributed by atoms with van der Waals surface area (Å²) < 4.78 is 0. The molecular weight excluding hydrogens is 598 g/mol. The lowest BCUT2D eigenvalue weighted by molar-refractivity contribution is -0.00000678. The van der Waals surface area contributed by atoms with Gasteiger partial charge < -0.3 is 24.0 Å². The molecule has 2 heterocycles. The van der Waals surface area contributed by atoms with E-state index in [1.807, 2.05) is 0 Å². The summed E-state index contributed by atoms with van der Waals surface area (Å²) >= 11 is 3.46. The van der Waals surface area contributed by atoms with Crippen molar-refractivity contribution in [1.29, 1.82) is 0 Å². The molecule has 0 amide bonds. The Labute approximate surface area is 233 Å². The van der Waals surface area contributed by atoms with Crippen molar-refractivity contribution in [1.82, 2.24) is 9.97 Å². The molecule has 35 heavy (non-hydrogen) atoms. The topological polar surface area (TPSA) is 25.8 Å². The Hall–Kier alpha value is -1.92. The first kappa shape index (κ1) is 26.2. The van der Waals surface area contributed by atoms with Crippen LogP contribution in [0.2, 0.25) is 0 Å². The summed E-state index contributed by atoms with van der Waals surface area (Å²) in [6.07, 6.45) is 2.00. The van der Waals surface area contributed by atoms with Gasteiger partial charge in [0.05, 0.1) is 10.7 Å². The molecule has 0 fully saturated rings. The highest BCUT2D eigenvalue weighted by molar-refractivity contribution is 7.95. The molecule has 1 unspecified atom stereocenters. The SMILES string of the molecule is CCC(C)c1nc(-c2nc(C[P+](c3ccccc3)(c3ccccc3)c3ccccc3)cs2)cs1.[I-]. The van der Waals surface area contributed by atoms with Gasteiger partial charge in [0.25, 0.3) is 0 Å². The van der Waals surface area contributed by atoms with Crippen LogP contribution >= 0.6 is 29.9 Å². The van der Waals surface area contributed by atoms with Crippen LogP contribution in [0.15, 0.2) is 102 Å². The Morgan fingerprint density at radius 2 is 1.23 bits per heavy atom. The van der Waals surface area contributed by atoms with Crippen LogP contribution in [0.5, 0.6) is 0 Å². The Kier molecular flexibility index (Phi) is 8.87. The molecule has 178 valence electrons. The first-order chi connectivity index (χ1) is 16.7. The molecule has 0 bridgehead atoms. The van der Waals surface area contributed by atoms with E-state index in [0.717, 1.165) is 29.0 Å². The average molecular weight is 627 g/mol. The van der Waals surface area contributed by atoms with Crippen molar-refractivity contribution in [2.75, 3.05) is 0 Å². The van der Waals surface area contributed by atoms with E-state index >= 15 is 0 Å². The summed E-state index contributed by atoms with van der Waals surface area (Å²) in [6, 6.07) is 33.0. The van der Waals surface area contributed by atoms with Gasteiger partial charge in [-0.3, -0.25) is 0 Å². The van der Waals surface area contributed by atoms with Crippen LogP contribution < -0.4 is 39.9 Å². The van der Waals surface area contributed by atoms with Gasteiger partial charge in [-0.05, 0) is 42.8 Å². The summed E-state index contributed by atoms with van der Waals surface area (Å²) in [5.74, 6) is 0.492. The van der Waals surface area contributed by atoms with Crippen molar-refractivity contribution >= 4 is 45.8 Å². The van der Waals surface area contributed by atoms with Crippen molar-refractivity contribution in [2.45, 2.75) is 32.3 Å². The molecular formula is C29H28IN2PS2. The second-order valence-corrected chi connectivity index (χ2v) is 13.7. The number of rotatable bonds is 8. The molecule has 0 aliphatic heterocycles. The van der Waals surface area contributed by atoms with Crippen LogP contribution in [0.4, 0.5) is 0 Å². The number of thiazole rings is 2. The smallest absolute Gasteiger partial charge is 0.143 e. The third kappa shape index (κ3) is 5.43. The van der Waals surface area contributed by atoms with Crippen LogP contribution in [0.25, 0.3) is 10.7 Å². The maximum Gasteiger partial charge on any atom is 0.143 e. The lowest BCUT2D eigenvalue weighted by Gasteiger charge is -2.27. The summed E-state index contributed by atoms with van der Waals surface area (Å²) in [6.45, 7) is 4.46. The summed E-state index contributed by atoms with van der Waals surface area (Å²) in [4.78, 5) is 10.0. The molecule has 0 spiro atoms. The maximum atomic E-state index is 5.13. The van der Waals surface area contributed by atoms with Crippen molar-refractivity contribution in [3.63, 3.8) is 0 Å². The van der Waals surface area contributed by atoms with E-state index in [4.69, 9.17) is 9.97 Å². The fourth-order valence-corrected chi connectivity index (χ4v) is 10.4. The molecule has 0 saturated carbocycles. The van der Waals surface area contributed by atoms with Gasteiger partial charge >= 0.3 is 0 Å². The summed E-state index contributed by atoms with van der Waals surface area (Å²) in [5, 5.41) is 10.8. The Morgan fingerprint density at radius 3 is 1.71 bits per heavy atom. The first-order valence-electron chi connectivity index (χ1n) is 11.7. The van der Waals surface area contributed by atoms with Gasteiger partial charge in [0.1, 0.15) is 40.0 Å². The van der Waals surface area contributed by atoms with Crippen LogP contribution in [0, 0.1) is 0 Å². The molecule has 1 atom stereocenters. The van der Waals surface area contributed by atoms with E-state index in [0.29, 0.717) is 5.92 Å². The lowest BCUT2D eigenvalue weighted by Crippen LogP contribution is -3.00. The number of aromatic nitrogens is 2. The second-order valence-electron chi connectivity index (χ2n) is 8.50. The van der Waals surface area contributed by atoms with Gasteiger partial charge in [0.2, 0.25) is 0 Å². The molecule has 5 rings (SSSR count). The predicted octanol–water partition coefficient (Wildman–Crippen LogP) is 4.28. The fourth-order valence-electron chi connectivity index (χ4n) is 4.30. The third-order valence-corrected chi connectivity index (χ3v) is 12.6. The molecule has 0 N–H and O–H groups in total. The third-order valence-electron chi connectivity index (χ3n) is 6.32. The fraction of sp³-hybridized carbons (Fsp3) is 0.172. The summed E-state index contributed by atoms with van der Waals surface area (Å²) in [7, 11) is -1.94. The van der Waals surface area contributed by atoms with Crippen molar-refractivity contribution < 1.29 is 24.0 Å². The minimum Gasteiger partial charge on any atom is -1.00 e. The van der Waals surface area contributed by atoms with E-state index < -0.39 is 7.26 Å². The van der Waals surface area contributed by atoms with E-state index in [1.165, 1.54) is 20.9 Å². The van der Waals surface area contributed by atoms with E-state index in [-0.39, 0.29) is 24.0 Å². The largest absolute Gasteiger partial charge is 1.00 e. The molecule has 0 aliphatic carbocycles. The zero-order chi connectivity index (χ0) is 23.4. The van der Waals surface area contributed by atoms with E-state index in [9.17, 15) is 0 Å². The Morgan fingerprint density at radius 1 is 0.714 bits per heavy atom. The molecule has 0 saturated heterocycles. The average Bonchev–Trinajstić information content (AvgIpc) is 3.58. The monoisotopic (exact) mass is 626 g/mol. The highest BCUT2D eigenvalue weighted by Crippen LogP contribution is 2.58. The van der Waals surface area contributed by atoms with Gasteiger partial charge in [-0.1, -0.05) is 68.4 Å². The van der Waals surface area contributed by atoms with Gasteiger partial charge in [-0.25, -0.2) is 9.97 Å². The van der Waals surface area contributed by atoms with Crippen molar-refractivity contribution in [3.8, 4) is 10.7 Å². The number of nitrogens with zero attached hydrogens (tertiary/aromatic N) is 2. The van der Waals surface area contributed by atoms with E-state index in [1.54, 1.807) is 22.7 Å². The van der Waals surface area contributed by atoms with Crippen LogP contribution in [0.3, 0.4) is 0 Å². The van der Waals surface area contributed by atoms with Crippen molar-refractivity contribution in [2.24, 2.45) is 0 Å². The Bertz CT molecular complexity index is 1240. The van der Waals surface area contributed by atoms with Crippen LogP contribution in [-0.2, 0) is 6.16 Å². The standard InChI is InChI=1S/C29H28N2PS2.HI/c1-3-22(2)28-31-27(21-34-28)29-30-23(20-33-29)19-32(24-13-7-4-8-14-24,25-15-9-5-10-16-25)26-17-11-6-12-18-26;/h4-18,20-22H,3,19H2,1-2H3;1H/q+1;/p-1. The number of halogens is 1. The molecule has 6 heteroatoms. The molecule has 2 nitrogen and oxygen atoms in total. The molecule has 2 aromatic heterocycles. The van der Waals surface area contributed by atoms with Crippen molar-refractivity contribution in [3.05, 3.63) is 112 Å². The normalized spacial score (nSPS) is 12.2. The van der Waals surface area contributed by atoms with Gasteiger partial charge in [0, 0.05) is 16.7 Å².